The van der Waals surface area contributed by atoms with Crippen LogP contribution in [-0.4, -0.2) is 33.2 Å². The van der Waals surface area contributed by atoms with Crippen LogP contribution < -0.4 is 14.9 Å². The Balaban J connectivity index is 1.45. The lowest BCUT2D eigenvalue weighted by Gasteiger charge is -2.14. The molecule has 1 aliphatic heterocycles. The van der Waals surface area contributed by atoms with E-state index in [1.807, 2.05) is 0 Å². The van der Waals surface area contributed by atoms with Crippen molar-refractivity contribution < 1.29 is 24.0 Å². The zero-order valence-corrected chi connectivity index (χ0v) is 20.6. The van der Waals surface area contributed by atoms with Crippen LogP contribution in [0.1, 0.15) is 20.8 Å². The van der Waals surface area contributed by atoms with E-state index >= 15 is 0 Å². The molecule has 2 aromatic carbocycles. The number of carbonyl (C=O) groups excluding carboxylic acids is 2. The molecular weight excluding hydrogens is 510 g/mol. The van der Waals surface area contributed by atoms with Gasteiger partial charge in [-0.2, -0.15) is 5.01 Å². The van der Waals surface area contributed by atoms with Crippen LogP contribution in [0.3, 0.4) is 0 Å². The molecule has 0 unspecified atom stereocenters. The van der Waals surface area contributed by atoms with Gasteiger partial charge in [-0.25, -0.2) is 0 Å². The molecule has 35 heavy (non-hydrogen) atoms. The maximum Gasteiger partial charge on any atom is 0.285 e. The summed E-state index contributed by atoms with van der Waals surface area (Å²) in [5.41, 5.74) is 3.98. The fourth-order valence-electron chi connectivity index (χ4n) is 3.05. The molecule has 178 valence electrons. The van der Waals surface area contributed by atoms with Gasteiger partial charge in [-0.1, -0.05) is 23.9 Å². The van der Waals surface area contributed by atoms with E-state index in [2.05, 4.69) is 5.43 Å². The van der Waals surface area contributed by atoms with Gasteiger partial charge in [-0.15, -0.1) is 11.3 Å². The molecule has 2 heterocycles. The van der Waals surface area contributed by atoms with Gasteiger partial charge in [0, 0.05) is 12.1 Å². The van der Waals surface area contributed by atoms with Crippen LogP contribution in [0, 0.1) is 10.1 Å². The van der Waals surface area contributed by atoms with E-state index in [0.717, 1.165) is 22.3 Å². The smallest absolute Gasteiger partial charge is 0.285 e. The van der Waals surface area contributed by atoms with E-state index in [-0.39, 0.29) is 16.6 Å². The van der Waals surface area contributed by atoms with Crippen molar-refractivity contribution in [1.29, 1.82) is 0 Å². The Bertz CT molecular complexity index is 1320. The van der Waals surface area contributed by atoms with E-state index in [9.17, 15) is 19.7 Å². The van der Waals surface area contributed by atoms with Crippen LogP contribution in [0.5, 0.6) is 11.5 Å². The molecule has 0 saturated carbocycles. The molecule has 0 aliphatic carbocycles. The molecule has 1 N–H and O–H groups in total. The number of amides is 2. The molecular formula is C23H17N3O6S3. The number of benzene rings is 2. The quantitative estimate of drug-likeness (QED) is 0.193. The number of hydrazine groups is 1. The monoisotopic (exact) mass is 527 g/mol. The molecule has 4 rings (SSSR count). The first-order chi connectivity index (χ1) is 16.9. The van der Waals surface area contributed by atoms with E-state index in [4.69, 9.17) is 21.7 Å². The van der Waals surface area contributed by atoms with Crippen LogP contribution >= 0.6 is 35.3 Å². The number of nitrogens with one attached hydrogen (secondary N) is 1. The Morgan fingerprint density at radius 3 is 2.63 bits per heavy atom. The standard InChI is InChI=1S/C23H17N3O6S3/c1-31-18-11-15(6-9-17(18)32-13-14-4-7-16(8-5-14)26(29)30)12-20-22(28)25(23(33)35-20)24-21(27)19-3-2-10-34-19/h2-12H,13H2,1H3,(H,24,27)/b20-12+. The number of rotatable bonds is 8. The number of nitro benzene ring substituents is 1. The summed E-state index contributed by atoms with van der Waals surface area (Å²) in [6, 6.07) is 14.6. The number of non-ortho nitro benzene ring substituents is 1. The van der Waals surface area contributed by atoms with Gasteiger partial charge in [0.2, 0.25) is 0 Å². The minimum Gasteiger partial charge on any atom is -0.493 e. The number of hydrogen-bond acceptors (Lipinski definition) is 9. The molecule has 0 radical (unpaired) electrons. The summed E-state index contributed by atoms with van der Waals surface area (Å²) in [7, 11) is 1.50. The summed E-state index contributed by atoms with van der Waals surface area (Å²) in [6.45, 7) is 0.191. The topological polar surface area (TPSA) is 111 Å². The average Bonchev–Trinajstić information content (AvgIpc) is 3.48. The average molecular weight is 528 g/mol. The molecule has 1 aliphatic rings. The number of nitrogens with zero attached hydrogens (tertiary/aromatic N) is 2. The molecule has 2 amide bonds. The molecule has 0 atom stereocenters. The zero-order valence-electron chi connectivity index (χ0n) is 18.1. The number of ether oxygens (including phenoxy) is 2. The van der Waals surface area contributed by atoms with Crippen molar-refractivity contribution in [2.24, 2.45) is 0 Å². The van der Waals surface area contributed by atoms with E-state index in [1.165, 1.54) is 30.6 Å². The fourth-order valence-corrected chi connectivity index (χ4v) is 4.84. The molecule has 3 aromatic rings. The van der Waals surface area contributed by atoms with Gasteiger partial charge in [0.05, 0.1) is 21.8 Å². The fraction of sp³-hybridized carbons (Fsp3) is 0.0870. The van der Waals surface area contributed by atoms with Crippen LogP contribution in [0.25, 0.3) is 6.08 Å². The van der Waals surface area contributed by atoms with Crippen LogP contribution in [0.4, 0.5) is 5.69 Å². The van der Waals surface area contributed by atoms with Crippen molar-refractivity contribution in [3.63, 3.8) is 0 Å². The molecule has 12 heteroatoms. The van der Waals surface area contributed by atoms with Gasteiger partial charge in [0.15, 0.2) is 15.8 Å². The second-order valence-electron chi connectivity index (χ2n) is 7.06. The van der Waals surface area contributed by atoms with Crippen LogP contribution in [0.2, 0.25) is 0 Å². The predicted molar refractivity (Wildman–Crippen MR) is 137 cm³/mol. The van der Waals surface area contributed by atoms with Gasteiger partial charge in [-0.3, -0.25) is 25.1 Å². The van der Waals surface area contributed by atoms with E-state index in [0.29, 0.717) is 26.8 Å². The SMILES string of the molecule is COc1cc(/C=C2/SC(=S)N(NC(=O)c3cccs3)C2=O)ccc1OCc1ccc([N+](=O)[O-])cc1. The van der Waals surface area contributed by atoms with Crippen molar-refractivity contribution in [3.8, 4) is 11.5 Å². The Morgan fingerprint density at radius 1 is 1.20 bits per heavy atom. The van der Waals surface area contributed by atoms with Crippen molar-refractivity contribution in [3.05, 3.63) is 91.0 Å². The lowest BCUT2D eigenvalue weighted by molar-refractivity contribution is -0.384. The van der Waals surface area contributed by atoms with Crippen molar-refractivity contribution >= 4 is 63.2 Å². The normalized spacial score (nSPS) is 14.3. The number of thiocarbonyl (C=S) groups is 1. The number of thioether (sulfide) groups is 1. The number of carbonyl (C=O) groups is 2. The molecule has 1 saturated heterocycles. The summed E-state index contributed by atoms with van der Waals surface area (Å²) < 4.78 is 11.5. The highest BCUT2D eigenvalue weighted by atomic mass is 32.2. The van der Waals surface area contributed by atoms with Gasteiger partial charge in [0.1, 0.15) is 6.61 Å². The van der Waals surface area contributed by atoms with E-state index < -0.39 is 16.7 Å². The highest BCUT2D eigenvalue weighted by molar-refractivity contribution is 8.26. The first-order valence-corrected chi connectivity index (χ1v) is 12.1. The Morgan fingerprint density at radius 2 is 1.97 bits per heavy atom. The van der Waals surface area contributed by atoms with Gasteiger partial charge in [-0.05, 0) is 65.1 Å². The molecule has 1 fully saturated rings. The number of nitro groups is 1. The Labute approximate surface area is 213 Å². The summed E-state index contributed by atoms with van der Waals surface area (Å²) in [5.74, 6) is 0.0806. The first-order valence-electron chi connectivity index (χ1n) is 10.0. The largest absolute Gasteiger partial charge is 0.493 e. The summed E-state index contributed by atoms with van der Waals surface area (Å²) in [5, 5.41) is 13.6. The van der Waals surface area contributed by atoms with Gasteiger partial charge in [0.25, 0.3) is 17.5 Å². The third-order valence-electron chi connectivity index (χ3n) is 4.78. The number of hydrogen-bond donors (Lipinski definition) is 1. The molecule has 0 bridgehead atoms. The third-order valence-corrected chi connectivity index (χ3v) is 6.95. The Kier molecular flexibility index (Phi) is 7.44. The second kappa shape index (κ2) is 10.7. The first kappa shape index (κ1) is 24.4. The summed E-state index contributed by atoms with van der Waals surface area (Å²) >= 11 is 7.61. The zero-order chi connectivity index (χ0) is 24.9. The van der Waals surface area contributed by atoms with Crippen LogP contribution in [-0.2, 0) is 11.4 Å². The minimum absolute atomic E-state index is 0.00665. The molecule has 1 aromatic heterocycles. The Hall–Kier alpha value is -3.74. The third kappa shape index (κ3) is 5.67. The number of thiophene rings is 1. The maximum absolute atomic E-state index is 12.8. The maximum atomic E-state index is 12.8. The van der Waals surface area contributed by atoms with Crippen molar-refractivity contribution in [1.82, 2.24) is 10.4 Å². The summed E-state index contributed by atoms with van der Waals surface area (Å²) in [6.07, 6.45) is 1.65. The van der Waals surface area contributed by atoms with Gasteiger partial charge < -0.3 is 9.47 Å². The lowest BCUT2D eigenvalue weighted by Crippen LogP contribution is -2.44. The molecule has 0 spiro atoms. The highest BCUT2D eigenvalue weighted by Gasteiger charge is 2.34. The summed E-state index contributed by atoms with van der Waals surface area (Å²) in [4.78, 5) is 36.3. The predicted octanol–water partition coefficient (Wildman–Crippen LogP) is 4.79. The van der Waals surface area contributed by atoms with Crippen molar-refractivity contribution in [2.75, 3.05) is 7.11 Å². The lowest BCUT2D eigenvalue weighted by atomic mass is 10.1. The number of methoxy groups -OCH3 is 1. The van der Waals surface area contributed by atoms with Crippen molar-refractivity contribution in [2.45, 2.75) is 6.61 Å². The van der Waals surface area contributed by atoms with E-state index in [1.54, 1.807) is 53.9 Å². The second-order valence-corrected chi connectivity index (χ2v) is 9.68. The van der Waals surface area contributed by atoms with Crippen LogP contribution in [0.15, 0.2) is 64.9 Å². The highest BCUT2D eigenvalue weighted by Crippen LogP contribution is 2.34. The van der Waals surface area contributed by atoms with Gasteiger partial charge >= 0.3 is 0 Å². The minimum atomic E-state index is -0.460. The molecule has 9 nitrogen and oxygen atoms in total.